The average molecular weight is 408 g/mol. The van der Waals surface area contributed by atoms with Crippen LogP contribution in [-0.4, -0.2) is 68.0 Å². The number of piperazine rings is 1. The quantitative estimate of drug-likeness (QED) is 0.761. The molecule has 1 aliphatic rings. The molecule has 7 nitrogen and oxygen atoms in total. The number of carbonyl (C=O) groups is 2. The van der Waals surface area contributed by atoms with Gasteiger partial charge in [-0.3, -0.25) is 4.79 Å². The van der Waals surface area contributed by atoms with Crippen molar-refractivity contribution in [1.29, 1.82) is 0 Å². The molecule has 0 bridgehead atoms. The molecule has 0 aromatic heterocycles. The fraction of sp³-hybridized carbons (Fsp3) is 0.500. The largest absolute Gasteiger partial charge is 0.432 e. The molecule has 1 aliphatic heterocycles. The Kier molecular flexibility index (Phi) is 6.15. The second kappa shape index (κ2) is 7.85. The Bertz CT molecular complexity index is 800. The molecule has 1 atom stereocenters. The summed E-state index contributed by atoms with van der Waals surface area (Å²) in [5, 5.41) is 0. The van der Waals surface area contributed by atoms with Crippen LogP contribution < -0.4 is 0 Å². The highest BCUT2D eigenvalue weighted by molar-refractivity contribution is 7.89. The van der Waals surface area contributed by atoms with Crippen molar-refractivity contribution in [2.75, 3.05) is 26.2 Å². The number of alkyl halides is 3. The summed E-state index contributed by atoms with van der Waals surface area (Å²) in [4.78, 5) is 24.0. The summed E-state index contributed by atoms with van der Waals surface area (Å²) in [5.41, 5.74) is 0.895. The first-order chi connectivity index (χ1) is 12.4. The molecule has 150 valence electrons. The maximum atomic E-state index is 12.7. The molecular weight excluding hydrogens is 389 g/mol. The zero-order chi connectivity index (χ0) is 20.4. The lowest BCUT2D eigenvalue weighted by molar-refractivity contribution is -0.204. The number of hydrogen-bond donors (Lipinski definition) is 0. The third kappa shape index (κ3) is 4.98. The Morgan fingerprint density at radius 1 is 1.07 bits per heavy atom. The minimum atomic E-state index is -5.00. The molecule has 1 saturated heterocycles. The molecule has 1 aromatic rings. The number of amides is 1. The molecule has 0 radical (unpaired) electrons. The van der Waals surface area contributed by atoms with E-state index in [2.05, 4.69) is 4.74 Å². The van der Waals surface area contributed by atoms with Crippen LogP contribution in [0, 0.1) is 6.92 Å². The van der Waals surface area contributed by atoms with Gasteiger partial charge < -0.3 is 9.64 Å². The SMILES string of the molecule is CC(=O)C(OC(=O)N1CCN(S(=O)(=O)c2ccc(C)cc2)CC1)C(F)(F)F. The zero-order valence-corrected chi connectivity index (χ0v) is 15.5. The van der Waals surface area contributed by atoms with Gasteiger partial charge in [-0.05, 0) is 26.0 Å². The molecule has 1 amide bonds. The van der Waals surface area contributed by atoms with Crippen molar-refractivity contribution in [3.63, 3.8) is 0 Å². The molecule has 0 N–H and O–H groups in total. The minimum absolute atomic E-state index is 0.0952. The van der Waals surface area contributed by atoms with E-state index >= 15 is 0 Å². The Labute approximate surface area is 154 Å². The van der Waals surface area contributed by atoms with Gasteiger partial charge in [0.05, 0.1) is 4.90 Å². The molecule has 0 saturated carbocycles. The van der Waals surface area contributed by atoms with Crippen molar-refractivity contribution in [2.24, 2.45) is 0 Å². The Balaban J connectivity index is 2.01. The molecule has 1 heterocycles. The first-order valence-corrected chi connectivity index (χ1v) is 9.46. The third-order valence-electron chi connectivity index (χ3n) is 4.04. The van der Waals surface area contributed by atoms with Crippen molar-refractivity contribution in [2.45, 2.75) is 31.0 Å². The second-order valence-electron chi connectivity index (χ2n) is 6.12. The number of aryl methyl sites for hydroxylation is 1. The highest BCUT2D eigenvalue weighted by atomic mass is 32.2. The number of sulfonamides is 1. The van der Waals surface area contributed by atoms with Crippen LogP contribution in [0.2, 0.25) is 0 Å². The standard InChI is InChI=1S/C16H19F3N2O5S/c1-11-3-5-13(6-4-11)27(24,25)21-9-7-20(8-10-21)15(23)26-14(12(2)22)16(17,18)19/h3-6,14H,7-10H2,1-2H3. The van der Waals surface area contributed by atoms with Gasteiger partial charge in [-0.25, -0.2) is 13.2 Å². The topological polar surface area (TPSA) is 84.0 Å². The van der Waals surface area contributed by atoms with E-state index in [-0.39, 0.29) is 31.1 Å². The first-order valence-electron chi connectivity index (χ1n) is 8.02. The fourth-order valence-electron chi connectivity index (χ4n) is 2.53. The van der Waals surface area contributed by atoms with Crippen LogP contribution in [0.3, 0.4) is 0 Å². The van der Waals surface area contributed by atoms with Crippen LogP contribution in [0.25, 0.3) is 0 Å². The molecule has 0 aliphatic carbocycles. The van der Waals surface area contributed by atoms with Crippen LogP contribution in [0.15, 0.2) is 29.2 Å². The Hall–Kier alpha value is -2.14. The number of carbonyl (C=O) groups excluding carboxylic acids is 2. The van der Waals surface area contributed by atoms with E-state index in [1.54, 1.807) is 12.1 Å². The predicted molar refractivity (Wildman–Crippen MR) is 88.5 cm³/mol. The minimum Gasteiger partial charge on any atom is -0.428 e. The summed E-state index contributed by atoms with van der Waals surface area (Å²) in [6, 6.07) is 6.23. The predicted octanol–water partition coefficient (Wildman–Crippen LogP) is 1.96. The van der Waals surface area contributed by atoms with Gasteiger partial charge >= 0.3 is 12.3 Å². The van der Waals surface area contributed by atoms with Gasteiger partial charge in [0, 0.05) is 26.2 Å². The molecule has 1 fully saturated rings. The second-order valence-corrected chi connectivity index (χ2v) is 8.06. The molecule has 11 heteroatoms. The molecule has 1 unspecified atom stereocenters. The van der Waals surface area contributed by atoms with Gasteiger partial charge in [0.2, 0.25) is 10.0 Å². The molecule has 0 spiro atoms. The van der Waals surface area contributed by atoms with Gasteiger partial charge in [0.1, 0.15) is 0 Å². The normalized spacial score (nSPS) is 17.4. The van der Waals surface area contributed by atoms with Gasteiger partial charge in [0.15, 0.2) is 5.78 Å². The fourth-order valence-corrected chi connectivity index (χ4v) is 3.95. The van der Waals surface area contributed by atoms with Crippen molar-refractivity contribution in [1.82, 2.24) is 9.21 Å². The van der Waals surface area contributed by atoms with Crippen molar-refractivity contribution in [3.8, 4) is 0 Å². The van der Waals surface area contributed by atoms with E-state index in [0.717, 1.165) is 14.8 Å². The third-order valence-corrected chi connectivity index (χ3v) is 5.95. The summed E-state index contributed by atoms with van der Waals surface area (Å²) in [6.07, 6.45) is -9.14. The summed E-state index contributed by atoms with van der Waals surface area (Å²) in [5.74, 6) is -1.34. The van der Waals surface area contributed by atoms with E-state index in [1.165, 1.54) is 12.1 Å². The number of ketones is 1. The van der Waals surface area contributed by atoms with E-state index < -0.39 is 34.2 Å². The maximum absolute atomic E-state index is 12.7. The maximum Gasteiger partial charge on any atom is 0.432 e. The Morgan fingerprint density at radius 3 is 2.04 bits per heavy atom. The lowest BCUT2D eigenvalue weighted by Gasteiger charge is -2.34. The van der Waals surface area contributed by atoms with Crippen LogP contribution >= 0.6 is 0 Å². The summed E-state index contributed by atoms with van der Waals surface area (Å²) in [6.45, 7) is 2.01. The number of rotatable bonds is 4. The van der Waals surface area contributed by atoms with Crippen LogP contribution in [0.1, 0.15) is 12.5 Å². The highest BCUT2D eigenvalue weighted by Gasteiger charge is 2.47. The van der Waals surface area contributed by atoms with Crippen molar-refractivity contribution >= 4 is 21.9 Å². The zero-order valence-electron chi connectivity index (χ0n) is 14.7. The molecular formula is C16H19F3N2O5S. The van der Waals surface area contributed by atoms with Crippen LogP contribution in [0.4, 0.5) is 18.0 Å². The summed E-state index contributed by atoms with van der Waals surface area (Å²) in [7, 11) is -3.77. The number of Topliss-reactive ketones (excluding diaryl/α,β-unsaturated/α-hetero) is 1. The number of benzene rings is 1. The first kappa shape index (κ1) is 21.2. The monoisotopic (exact) mass is 408 g/mol. The summed E-state index contributed by atoms with van der Waals surface area (Å²) < 4.78 is 68.8. The van der Waals surface area contributed by atoms with Gasteiger partial charge in [-0.2, -0.15) is 17.5 Å². The number of hydrogen-bond acceptors (Lipinski definition) is 5. The van der Waals surface area contributed by atoms with Gasteiger partial charge in [0.25, 0.3) is 6.10 Å². The van der Waals surface area contributed by atoms with Gasteiger partial charge in [-0.15, -0.1) is 0 Å². The van der Waals surface area contributed by atoms with E-state index in [4.69, 9.17) is 0 Å². The number of nitrogens with zero attached hydrogens (tertiary/aromatic N) is 2. The van der Waals surface area contributed by atoms with Crippen molar-refractivity contribution < 1.29 is 35.9 Å². The Morgan fingerprint density at radius 2 is 1.59 bits per heavy atom. The van der Waals surface area contributed by atoms with Crippen LogP contribution in [0.5, 0.6) is 0 Å². The lowest BCUT2D eigenvalue weighted by Crippen LogP contribution is -2.52. The number of ether oxygens (including phenoxy) is 1. The summed E-state index contributed by atoms with van der Waals surface area (Å²) >= 11 is 0. The van der Waals surface area contributed by atoms with E-state index in [1.807, 2.05) is 6.92 Å². The number of halogens is 3. The smallest absolute Gasteiger partial charge is 0.428 e. The van der Waals surface area contributed by atoms with Crippen LogP contribution in [-0.2, 0) is 19.6 Å². The van der Waals surface area contributed by atoms with Gasteiger partial charge in [-0.1, -0.05) is 17.7 Å². The average Bonchev–Trinajstić information content (AvgIpc) is 2.58. The van der Waals surface area contributed by atoms with Crippen molar-refractivity contribution in [3.05, 3.63) is 29.8 Å². The molecule has 2 rings (SSSR count). The lowest BCUT2D eigenvalue weighted by atomic mass is 10.2. The van der Waals surface area contributed by atoms with E-state index in [0.29, 0.717) is 6.92 Å². The highest BCUT2D eigenvalue weighted by Crippen LogP contribution is 2.25. The van der Waals surface area contributed by atoms with E-state index in [9.17, 15) is 31.2 Å². The molecule has 27 heavy (non-hydrogen) atoms. The molecule has 1 aromatic carbocycles.